The first kappa shape index (κ1) is 14.8. The van der Waals surface area contributed by atoms with Crippen molar-refractivity contribution in [3.63, 3.8) is 0 Å². The molecule has 4 rings (SSSR count). The normalized spacial score (nSPS) is 11.2. The number of aromatic nitrogens is 6. The molecule has 0 aliphatic heterocycles. The maximum Gasteiger partial charge on any atom is 0.231 e. The van der Waals surface area contributed by atoms with Crippen molar-refractivity contribution in [3.05, 3.63) is 58.5 Å². The molecule has 0 unspecified atom stereocenters. The second-order valence-electron chi connectivity index (χ2n) is 5.52. The molecule has 0 aliphatic carbocycles. The van der Waals surface area contributed by atoms with E-state index in [9.17, 15) is 0 Å². The molecule has 24 heavy (non-hydrogen) atoms. The molecular formula is C16H16N6OS. The Morgan fingerprint density at radius 1 is 1.29 bits per heavy atom. The number of nitrogens with zero attached hydrogens (tertiary/aromatic N) is 6. The van der Waals surface area contributed by atoms with Gasteiger partial charge in [-0.1, -0.05) is 11.2 Å². The van der Waals surface area contributed by atoms with Gasteiger partial charge in [-0.3, -0.25) is 0 Å². The van der Waals surface area contributed by atoms with Crippen LogP contribution in [-0.4, -0.2) is 29.2 Å². The second kappa shape index (κ2) is 6.04. The number of imidazole rings is 2. The summed E-state index contributed by atoms with van der Waals surface area (Å²) in [4.78, 5) is 14.6. The van der Waals surface area contributed by atoms with Gasteiger partial charge >= 0.3 is 0 Å². The molecule has 7 nitrogen and oxygen atoms in total. The maximum atomic E-state index is 5.35. The Labute approximate surface area is 142 Å². The Hall–Kier alpha value is -2.74. The predicted molar refractivity (Wildman–Crippen MR) is 89.7 cm³/mol. The first-order chi connectivity index (χ1) is 11.7. The first-order valence-corrected chi connectivity index (χ1v) is 8.42. The van der Waals surface area contributed by atoms with Crippen molar-refractivity contribution < 1.29 is 4.52 Å². The number of aryl methyl sites for hydroxylation is 2. The summed E-state index contributed by atoms with van der Waals surface area (Å²) >= 11 is 1.68. The van der Waals surface area contributed by atoms with Crippen LogP contribution in [0.2, 0.25) is 0 Å². The highest BCUT2D eigenvalue weighted by Gasteiger charge is 2.14. The van der Waals surface area contributed by atoms with E-state index < -0.39 is 0 Å². The average molecular weight is 340 g/mol. The molecular weight excluding hydrogens is 324 g/mol. The van der Waals surface area contributed by atoms with Crippen LogP contribution < -0.4 is 0 Å². The number of rotatable bonds is 5. The molecule has 0 aliphatic rings. The van der Waals surface area contributed by atoms with Crippen molar-refractivity contribution >= 4 is 11.3 Å². The van der Waals surface area contributed by atoms with Gasteiger partial charge in [0, 0.05) is 30.5 Å². The summed E-state index contributed by atoms with van der Waals surface area (Å²) in [6.07, 6.45) is 6.29. The van der Waals surface area contributed by atoms with Gasteiger partial charge in [0.1, 0.15) is 11.5 Å². The summed E-state index contributed by atoms with van der Waals surface area (Å²) in [6, 6.07) is 4.08. The van der Waals surface area contributed by atoms with Crippen LogP contribution >= 0.6 is 11.3 Å². The van der Waals surface area contributed by atoms with Gasteiger partial charge in [0.05, 0.1) is 13.0 Å². The highest BCUT2D eigenvalue weighted by Crippen LogP contribution is 2.18. The largest absolute Gasteiger partial charge is 0.339 e. The van der Waals surface area contributed by atoms with Crippen LogP contribution in [0.1, 0.15) is 22.4 Å². The third-order valence-electron chi connectivity index (χ3n) is 3.78. The Kier molecular flexibility index (Phi) is 3.73. The molecule has 0 amide bonds. The molecule has 0 atom stereocenters. The summed E-state index contributed by atoms with van der Waals surface area (Å²) in [7, 11) is 1.97. The summed E-state index contributed by atoms with van der Waals surface area (Å²) in [5.41, 5.74) is 0.835. The zero-order chi connectivity index (χ0) is 16.5. The van der Waals surface area contributed by atoms with E-state index in [1.54, 1.807) is 17.5 Å². The van der Waals surface area contributed by atoms with Gasteiger partial charge in [-0.25, -0.2) is 9.97 Å². The molecule has 0 fully saturated rings. The van der Waals surface area contributed by atoms with Crippen molar-refractivity contribution in [2.24, 2.45) is 7.05 Å². The lowest BCUT2D eigenvalue weighted by Gasteiger charge is -2.02. The van der Waals surface area contributed by atoms with Crippen LogP contribution in [0.25, 0.3) is 11.5 Å². The van der Waals surface area contributed by atoms with Gasteiger partial charge in [-0.05, 0) is 18.4 Å². The van der Waals surface area contributed by atoms with E-state index in [2.05, 4.69) is 26.2 Å². The predicted octanol–water partition coefficient (Wildman–Crippen LogP) is 2.68. The molecule has 8 heteroatoms. The molecule has 0 bridgehead atoms. The van der Waals surface area contributed by atoms with E-state index in [1.807, 2.05) is 46.9 Å². The van der Waals surface area contributed by atoms with Crippen LogP contribution in [0.15, 0.2) is 40.6 Å². The maximum absolute atomic E-state index is 5.35. The van der Waals surface area contributed by atoms with Crippen LogP contribution in [0.5, 0.6) is 0 Å². The molecule has 4 heterocycles. The number of hydrogen-bond donors (Lipinski definition) is 0. The van der Waals surface area contributed by atoms with E-state index >= 15 is 0 Å². The molecule has 0 saturated carbocycles. The van der Waals surface area contributed by atoms with Crippen molar-refractivity contribution in [2.45, 2.75) is 19.9 Å². The van der Waals surface area contributed by atoms with E-state index in [-0.39, 0.29) is 0 Å². The molecule has 0 aromatic carbocycles. The minimum absolute atomic E-state index is 0.499. The molecule has 0 radical (unpaired) electrons. The zero-order valence-corrected chi connectivity index (χ0v) is 14.2. The van der Waals surface area contributed by atoms with Crippen LogP contribution in [0.4, 0.5) is 0 Å². The Balaban J connectivity index is 1.54. The third kappa shape index (κ3) is 2.88. The second-order valence-corrected chi connectivity index (χ2v) is 6.56. The lowest BCUT2D eigenvalue weighted by Crippen LogP contribution is -2.03. The first-order valence-electron chi connectivity index (χ1n) is 7.54. The molecule has 0 N–H and O–H groups in total. The molecule has 4 aromatic rings. The lowest BCUT2D eigenvalue weighted by molar-refractivity contribution is 0.379. The lowest BCUT2D eigenvalue weighted by atomic mass is 10.3. The average Bonchev–Trinajstić information content (AvgIpc) is 3.32. The summed E-state index contributed by atoms with van der Waals surface area (Å²) in [5.74, 6) is 3.00. The Morgan fingerprint density at radius 3 is 2.96 bits per heavy atom. The smallest absolute Gasteiger partial charge is 0.231 e. The van der Waals surface area contributed by atoms with Gasteiger partial charge < -0.3 is 13.7 Å². The number of hydrogen-bond acceptors (Lipinski definition) is 6. The quantitative estimate of drug-likeness (QED) is 0.558. The summed E-state index contributed by atoms with van der Waals surface area (Å²) in [6.45, 7) is 2.46. The monoisotopic (exact) mass is 340 g/mol. The fourth-order valence-electron chi connectivity index (χ4n) is 2.48. The van der Waals surface area contributed by atoms with Gasteiger partial charge in [0.25, 0.3) is 0 Å². The van der Waals surface area contributed by atoms with Crippen molar-refractivity contribution in [3.8, 4) is 11.5 Å². The highest BCUT2D eigenvalue weighted by atomic mass is 32.1. The summed E-state index contributed by atoms with van der Waals surface area (Å²) < 4.78 is 9.30. The minimum Gasteiger partial charge on any atom is -0.339 e. The topological polar surface area (TPSA) is 74.6 Å². The van der Waals surface area contributed by atoms with E-state index in [0.29, 0.717) is 24.7 Å². The Bertz CT molecular complexity index is 930. The fourth-order valence-corrected chi connectivity index (χ4v) is 3.17. The highest BCUT2D eigenvalue weighted by molar-refractivity contribution is 7.09. The summed E-state index contributed by atoms with van der Waals surface area (Å²) in [5, 5.41) is 6.11. The third-order valence-corrected chi connectivity index (χ3v) is 4.66. The van der Waals surface area contributed by atoms with Crippen LogP contribution in [0, 0.1) is 6.92 Å². The van der Waals surface area contributed by atoms with Crippen LogP contribution in [-0.2, 0) is 20.0 Å². The van der Waals surface area contributed by atoms with E-state index in [1.165, 1.54) is 4.88 Å². The zero-order valence-electron chi connectivity index (χ0n) is 13.4. The van der Waals surface area contributed by atoms with Crippen molar-refractivity contribution in [2.75, 3.05) is 0 Å². The van der Waals surface area contributed by atoms with E-state index in [4.69, 9.17) is 4.52 Å². The van der Waals surface area contributed by atoms with Crippen molar-refractivity contribution in [1.82, 2.24) is 29.2 Å². The Morgan fingerprint density at radius 2 is 2.21 bits per heavy atom. The van der Waals surface area contributed by atoms with Gasteiger partial charge in [0.2, 0.25) is 5.89 Å². The van der Waals surface area contributed by atoms with Crippen molar-refractivity contribution in [1.29, 1.82) is 0 Å². The molecule has 4 aromatic heterocycles. The standard InChI is InChI=1S/C16H16N6OS/c1-11-18-13(9-21(11)2)16-17-5-6-22(16)10-14-19-15(23-20-14)8-12-4-3-7-24-12/h3-7,9H,8,10H2,1-2H3. The van der Waals surface area contributed by atoms with Gasteiger partial charge in [0.15, 0.2) is 11.6 Å². The molecule has 122 valence electrons. The van der Waals surface area contributed by atoms with Crippen LogP contribution in [0.3, 0.4) is 0 Å². The SMILES string of the molecule is Cc1nc(-c2nccn2Cc2noc(Cc3cccs3)n2)cn1C. The van der Waals surface area contributed by atoms with Gasteiger partial charge in [-0.15, -0.1) is 11.3 Å². The molecule has 0 spiro atoms. The van der Waals surface area contributed by atoms with E-state index in [0.717, 1.165) is 17.3 Å². The van der Waals surface area contributed by atoms with Gasteiger partial charge in [-0.2, -0.15) is 4.98 Å². The minimum atomic E-state index is 0.499. The molecule has 0 saturated heterocycles. The number of thiophene rings is 1. The fraction of sp³-hybridized carbons (Fsp3) is 0.250.